The number of hydrogen-bond donors (Lipinski definition) is 0. The molecule has 5 heteroatoms. The van der Waals surface area contributed by atoms with Crippen LogP contribution in [0.4, 0.5) is 0 Å². The van der Waals surface area contributed by atoms with Crippen molar-refractivity contribution in [2.75, 3.05) is 20.6 Å². The van der Waals surface area contributed by atoms with Gasteiger partial charge in [-0.15, -0.1) is 11.3 Å². The van der Waals surface area contributed by atoms with E-state index >= 15 is 0 Å². The summed E-state index contributed by atoms with van der Waals surface area (Å²) in [5.41, 5.74) is 1.18. The normalized spacial score (nSPS) is 11.6. The Hall–Kier alpha value is -1.20. The number of rotatable bonds is 4. The average Bonchev–Trinajstić information content (AvgIpc) is 2.58. The molecule has 0 saturated carbocycles. The van der Waals surface area contributed by atoms with E-state index in [1.54, 1.807) is 22.2 Å². The van der Waals surface area contributed by atoms with Gasteiger partial charge in [-0.2, -0.15) is 0 Å². The standard InChI is InChI=1S/C13H19N3OS/c1-9-10(2)18-12-11(9)13(17)16(8-14-12)7-5-6-15(3)4/h8H,5-7H2,1-4H3. The molecular weight excluding hydrogens is 246 g/mol. The fraction of sp³-hybridized carbons (Fsp3) is 0.538. The minimum atomic E-state index is 0.0978. The fourth-order valence-corrected chi connectivity index (χ4v) is 2.97. The van der Waals surface area contributed by atoms with E-state index in [4.69, 9.17) is 0 Å². The van der Waals surface area contributed by atoms with Crippen molar-refractivity contribution in [3.05, 3.63) is 27.1 Å². The maximum absolute atomic E-state index is 12.4. The third-order valence-electron chi connectivity index (χ3n) is 3.16. The van der Waals surface area contributed by atoms with E-state index in [1.165, 1.54) is 4.88 Å². The quantitative estimate of drug-likeness (QED) is 0.849. The highest BCUT2D eigenvalue weighted by molar-refractivity contribution is 7.18. The maximum Gasteiger partial charge on any atom is 0.262 e. The first-order chi connectivity index (χ1) is 8.50. The zero-order valence-electron chi connectivity index (χ0n) is 11.4. The minimum absolute atomic E-state index is 0.0978. The summed E-state index contributed by atoms with van der Waals surface area (Å²) in [5.74, 6) is 0. The number of nitrogens with zero attached hydrogens (tertiary/aromatic N) is 3. The van der Waals surface area contributed by atoms with E-state index in [-0.39, 0.29) is 5.56 Å². The first kappa shape index (κ1) is 13.2. The molecule has 0 atom stereocenters. The number of aromatic nitrogens is 2. The molecule has 0 saturated heterocycles. The van der Waals surface area contributed by atoms with E-state index in [0.29, 0.717) is 0 Å². The number of aryl methyl sites for hydroxylation is 3. The van der Waals surface area contributed by atoms with Gasteiger partial charge in [0.15, 0.2) is 0 Å². The summed E-state index contributed by atoms with van der Waals surface area (Å²) in [4.78, 5) is 20.9. The van der Waals surface area contributed by atoms with Crippen molar-refractivity contribution < 1.29 is 0 Å². The summed E-state index contributed by atoms with van der Waals surface area (Å²) in [6.07, 6.45) is 2.64. The molecular formula is C13H19N3OS. The minimum Gasteiger partial charge on any atom is -0.309 e. The topological polar surface area (TPSA) is 38.1 Å². The van der Waals surface area contributed by atoms with Crippen molar-refractivity contribution in [1.82, 2.24) is 14.5 Å². The van der Waals surface area contributed by atoms with Crippen molar-refractivity contribution in [1.29, 1.82) is 0 Å². The highest BCUT2D eigenvalue weighted by Crippen LogP contribution is 2.25. The molecule has 0 fully saturated rings. The van der Waals surface area contributed by atoms with Gasteiger partial charge >= 0.3 is 0 Å². The van der Waals surface area contributed by atoms with Gasteiger partial charge in [0, 0.05) is 11.4 Å². The van der Waals surface area contributed by atoms with Crippen molar-refractivity contribution >= 4 is 21.6 Å². The van der Waals surface area contributed by atoms with Gasteiger partial charge in [0.25, 0.3) is 5.56 Å². The van der Waals surface area contributed by atoms with Gasteiger partial charge in [0.05, 0.1) is 11.7 Å². The van der Waals surface area contributed by atoms with E-state index in [2.05, 4.69) is 9.88 Å². The van der Waals surface area contributed by atoms with Gasteiger partial charge in [0.2, 0.25) is 0 Å². The second kappa shape index (κ2) is 5.20. The predicted octanol–water partition coefficient (Wildman–Crippen LogP) is 2.03. The van der Waals surface area contributed by atoms with Crippen LogP contribution in [0, 0.1) is 13.8 Å². The molecule has 2 aromatic rings. The average molecular weight is 265 g/mol. The molecule has 2 rings (SSSR count). The summed E-state index contributed by atoms with van der Waals surface area (Å²) in [5, 5.41) is 0.796. The van der Waals surface area contributed by atoms with Gasteiger partial charge in [-0.25, -0.2) is 4.98 Å². The molecule has 0 amide bonds. The molecule has 0 spiro atoms. The van der Waals surface area contributed by atoms with Gasteiger partial charge in [-0.1, -0.05) is 0 Å². The van der Waals surface area contributed by atoms with E-state index in [9.17, 15) is 4.79 Å². The summed E-state index contributed by atoms with van der Waals surface area (Å²) >= 11 is 1.60. The number of thiophene rings is 1. The fourth-order valence-electron chi connectivity index (χ4n) is 1.99. The van der Waals surface area contributed by atoms with Crippen molar-refractivity contribution in [2.24, 2.45) is 0 Å². The van der Waals surface area contributed by atoms with E-state index in [0.717, 1.165) is 35.3 Å². The zero-order valence-corrected chi connectivity index (χ0v) is 12.2. The first-order valence-electron chi connectivity index (χ1n) is 6.10. The molecule has 2 heterocycles. The Bertz CT molecular complexity index is 612. The summed E-state index contributed by atoms with van der Waals surface area (Å²) < 4.78 is 1.73. The Morgan fingerprint density at radius 2 is 2.11 bits per heavy atom. The molecule has 18 heavy (non-hydrogen) atoms. The van der Waals surface area contributed by atoms with E-state index < -0.39 is 0 Å². The molecule has 0 aliphatic carbocycles. The Morgan fingerprint density at radius 3 is 2.78 bits per heavy atom. The van der Waals surface area contributed by atoms with E-state index in [1.807, 2.05) is 27.9 Å². The third-order valence-corrected chi connectivity index (χ3v) is 4.28. The van der Waals surface area contributed by atoms with Crippen LogP contribution in [0.25, 0.3) is 10.2 Å². The highest BCUT2D eigenvalue weighted by Gasteiger charge is 2.11. The highest BCUT2D eigenvalue weighted by atomic mass is 32.1. The van der Waals surface area contributed by atoms with Gasteiger partial charge < -0.3 is 4.90 Å². The lowest BCUT2D eigenvalue weighted by Crippen LogP contribution is -2.23. The van der Waals surface area contributed by atoms with Crippen molar-refractivity contribution in [2.45, 2.75) is 26.8 Å². The lowest BCUT2D eigenvalue weighted by atomic mass is 10.2. The molecule has 0 radical (unpaired) electrons. The molecule has 4 nitrogen and oxygen atoms in total. The summed E-state index contributed by atoms with van der Waals surface area (Å²) in [7, 11) is 4.08. The zero-order chi connectivity index (χ0) is 13.3. The molecule has 0 unspecified atom stereocenters. The van der Waals surface area contributed by atoms with Crippen LogP contribution in [0.1, 0.15) is 16.9 Å². The molecule has 0 aliphatic rings. The first-order valence-corrected chi connectivity index (χ1v) is 6.92. The molecule has 98 valence electrons. The summed E-state index contributed by atoms with van der Waals surface area (Å²) in [6, 6.07) is 0. The van der Waals surface area contributed by atoms with Gasteiger partial charge in [-0.05, 0) is 46.5 Å². The Balaban J connectivity index is 2.33. The molecule has 0 aromatic carbocycles. The second-order valence-corrected chi connectivity index (χ2v) is 6.07. The van der Waals surface area contributed by atoms with Crippen molar-refractivity contribution in [3.8, 4) is 0 Å². The van der Waals surface area contributed by atoms with Gasteiger partial charge in [0.1, 0.15) is 4.83 Å². The molecule has 0 N–H and O–H groups in total. The van der Waals surface area contributed by atoms with Gasteiger partial charge in [-0.3, -0.25) is 9.36 Å². The predicted molar refractivity (Wildman–Crippen MR) is 76.5 cm³/mol. The molecule has 0 aliphatic heterocycles. The lowest BCUT2D eigenvalue weighted by molar-refractivity contribution is 0.384. The lowest BCUT2D eigenvalue weighted by Gasteiger charge is -2.10. The van der Waals surface area contributed by atoms with Crippen LogP contribution in [0.15, 0.2) is 11.1 Å². The Kier molecular flexibility index (Phi) is 3.82. The Labute approximate surface area is 111 Å². The third kappa shape index (κ3) is 2.47. The van der Waals surface area contributed by atoms with Crippen LogP contribution in [0.5, 0.6) is 0 Å². The van der Waals surface area contributed by atoms with Crippen LogP contribution in [0.2, 0.25) is 0 Å². The summed E-state index contributed by atoms with van der Waals surface area (Å²) in [6.45, 7) is 5.75. The molecule has 2 aromatic heterocycles. The second-order valence-electron chi connectivity index (χ2n) is 4.86. The van der Waals surface area contributed by atoms with Crippen LogP contribution in [0.3, 0.4) is 0 Å². The van der Waals surface area contributed by atoms with Crippen LogP contribution in [-0.4, -0.2) is 35.1 Å². The van der Waals surface area contributed by atoms with Crippen LogP contribution in [-0.2, 0) is 6.54 Å². The smallest absolute Gasteiger partial charge is 0.262 e. The Morgan fingerprint density at radius 1 is 1.39 bits per heavy atom. The molecule has 0 bridgehead atoms. The monoisotopic (exact) mass is 265 g/mol. The number of hydrogen-bond acceptors (Lipinski definition) is 4. The maximum atomic E-state index is 12.4. The van der Waals surface area contributed by atoms with Crippen molar-refractivity contribution in [3.63, 3.8) is 0 Å². The number of fused-ring (bicyclic) bond motifs is 1. The SMILES string of the molecule is Cc1sc2ncn(CCCN(C)C)c(=O)c2c1C. The van der Waals surface area contributed by atoms with Crippen LogP contribution >= 0.6 is 11.3 Å². The van der Waals surface area contributed by atoms with Crippen LogP contribution < -0.4 is 5.56 Å². The largest absolute Gasteiger partial charge is 0.309 e.